The molecule has 0 aliphatic carbocycles. The highest BCUT2D eigenvalue weighted by Gasteiger charge is 2.15. The van der Waals surface area contributed by atoms with Crippen molar-refractivity contribution in [3.05, 3.63) is 59.9 Å². The number of primary amides is 1. The van der Waals surface area contributed by atoms with Gasteiger partial charge in [-0.2, -0.15) is 0 Å². The number of ether oxygens (including phenoxy) is 1. The number of carbonyl (C=O) groups excluding carboxylic acids is 2. The minimum absolute atomic E-state index is 0.357. The summed E-state index contributed by atoms with van der Waals surface area (Å²) in [5.74, 6) is -0.845. The van der Waals surface area contributed by atoms with Gasteiger partial charge in [-0.1, -0.05) is 0 Å². The van der Waals surface area contributed by atoms with Crippen LogP contribution in [0.5, 0.6) is 5.75 Å². The van der Waals surface area contributed by atoms with Crippen molar-refractivity contribution in [1.82, 2.24) is 0 Å². The van der Waals surface area contributed by atoms with Crippen LogP contribution in [0.4, 0.5) is 10.1 Å². The first-order chi connectivity index (χ1) is 10.5. The second kappa shape index (κ2) is 6.71. The van der Waals surface area contributed by atoms with Crippen LogP contribution in [0.2, 0.25) is 0 Å². The third-order valence-corrected chi connectivity index (χ3v) is 2.93. The first kappa shape index (κ1) is 15.5. The maximum atomic E-state index is 12.8. The fraction of sp³-hybridized carbons (Fsp3) is 0.125. The van der Waals surface area contributed by atoms with E-state index in [1.807, 2.05) is 0 Å². The SMILES string of the molecule is C[C@@H](Oc1ccc(C(N)=O)cc1)C(=O)Nc1ccc(F)cc1. The van der Waals surface area contributed by atoms with E-state index in [2.05, 4.69) is 5.32 Å². The third kappa shape index (κ3) is 4.05. The Morgan fingerprint density at radius 1 is 1.09 bits per heavy atom. The number of benzene rings is 2. The molecule has 2 rings (SSSR count). The van der Waals surface area contributed by atoms with E-state index in [4.69, 9.17) is 10.5 Å². The highest BCUT2D eigenvalue weighted by molar-refractivity contribution is 5.94. The van der Waals surface area contributed by atoms with E-state index >= 15 is 0 Å². The lowest BCUT2D eigenvalue weighted by Gasteiger charge is -2.15. The number of halogens is 1. The van der Waals surface area contributed by atoms with Gasteiger partial charge in [0.2, 0.25) is 5.91 Å². The molecule has 0 heterocycles. The molecule has 0 aliphatic rings. The van der Waals surface area contributed by atoms with Crippen molar-refractivity contribution >= 4 is 17.5 Å². The van der Waals surface area contributed by atoms with Crippen LogP contribution in [0, 0.1) is 5.82 Å². The van der Waals surface area contributed by atoms with Crippen LogP contribution < -0.4 is 15.8 Å². The smallest absolute Gasteiger partial charge is 0.265 e. The number of amides is 2. The Bertz CT molecular complexity index is 669. The molecule has 1 atom stereocenters. The van der Waals surface area contributed by atoms with E-state index in [1.165, 1.54) is 36.4 Å². The maximum absolute atomic E-state index is 12.8. The fourth-order valence-electron chi connectivity index (χ4n) is 1.73. The summed E-state index contributed by atoms with van der Waals surface area (Å²) in [6, 6.07) is 11.6. The quantitative estimate of drug-likeness (QED) is 0.889. The molecule has 0 bridgehead atoms. The number of rotatable bonds is 5. The van der Waals surface area contributed by atoms with Crippen molar-refractivity contribution in [3.8, 4) is 5.75 Å². The highest BCUT2D eigenvalue weighted by atomic mass is 19.1. The average molecular weight is 302 g/mol. The summed E-state index contributed by atoms with van der Waals surface area (Å²) in [6.07, 6.45) is -0.760. The van der Waals surface area contributed by atoms with E-state index in [0.717, 1.165) is 0 Å². The predicted octanol–water partition coefficient (Wildman–Crippen LogP) is 2.33. The molecule has 114 valence electrons. The molecule has 0 saturated heterocycles. The molecule has 0 saturated carbocycles. The number of hydrogen-bond donors (Lipinski definition) is 2. The van der Waals surface area contributed by atoms with E-state index in [1.54, 1.807) is 19.1 Å². The standard InChI is InChI=1S/C16H15FN2O3/c1-10(16(21)19-13-6-4-12(17)5-7-13)22-14-8-2-11(3-9-14)15(18)20/h2-10H,1H3,(H2,18,20)(H,19,21)/t10-/m1/s1. The normalized spacial score (nSPS) is 11.5. The Morgan fingerprint density at radius 2 is 1.68 bits per heavy atom. The summed E-state index contributed by atoms with van der Waals surface area (Å²) in [6.45, 7) is 1.58. The molecule has 0 spiro atoms. The third-order valence-electron chi connectivity index (χ3n) is 2.93. The topological polar surface area (TPSA) is 81.4 Å². The Morgan fingerprint density at radius 3 is 2.23 bits per heavy atom. The van der Waals surface area contributed by atoms with Gasteiger partial charge in [-0.05, 0) is 55.5 Å². The van der Waals surface area contributed by atoms with Crippen molar-refractivity contribution in [2.45, 2.75) is 13.0 Å². The number of anilines is 1. The van der Waals surface area contributed by atoms with E-state index in [9.17, 15) is 14.0 Å². The first-order valence-electron chi connectivity index (χ1n) is 6.58. The van der Waals surface area contributed by atoms with Crippen LogP contribution in [0.25, 0.3) is 0 Å². The van der Waals surface area contributed by atoms with Gasteiger partial charge in [0.15, 0.2) is 6.10 Å². The van der Waals surface area contributed by atoms with Gasteiger partial charge < -0.3 is 15.8 Å². The second-order valence-electron chi connectivity index (χ2n) is 4.64. The van der Waals surface area contributed by atoms with Gasteiger partial charge in [0, 0.05) is 11.3 Å². The number of hydrogen-bond acceptors (Lipinski definition) is 3. The van der Waals surface area contributed by atoms with Crippen molar-refractivity contribution in [2.24, 2.45) is 5.73 Å². The van der Waals surface area contributed by atoms with E-state index in [-0.39, 0.29) is 11.7 Å². The molecule has 2 aromatic carbocycles. The molecule has 3 N–H and O–H groups in total. The number of carbonyl (C=O) groups is 2. The van der Waals surface area contributed by atoms with Crippen molar-refractivity contribution in [2.75, 3.05) is 5.32 Å². The summed E-state index contributed by atoms with van der Waals surface area (Å²) in [5, 5.41) is 2.61. The monoisotopic (exact) mass is 302 g/mol. The summed E-state index contributed by atoms with van der Waals surface area (Å²) in [4.78, 5) is 22.9. The van der Waals surface area contributed by atoms with Crippen molar-refractivity contribution in [3.63, 3.8) is 0 Å². The molecule has 2 amide bonds. The van der Waals surface area contributed by atoms with Crippen LogP contribution in [-0.4, -0.2) is 17.9 Å². The van der Waals surface area contributed by atoms with Crippen LogP contribution in [0.1, 0.15) is 17.3 Å². The van der Waals surface area contributed by atoms with Crippen LogP contribution >= 0.6 is 0 Å². The molecule has 0 aliphatic heterocycles. The first-order valence-corrected chi connectivity index (χ1v) is 6.58. The van der Waals surface area contributed by atoms with Gasteiger partial charge in [-0.3, -0.25) is 9.59 Å². The lowest BCUT2D eigenvalue weighted by atomic mass is 10.2. The van der Waals surface area contributed by atoms with Gasteiger partial charge in [-0.25, -0.2) is 4.39 Å². The van der Waals surface area contributed by atoms with E-state index in [0.29, 0.717) is 17.0 Å². The molecular weight excluding hydrogens is 287 g/mol. The van der Waals surface area contributed by atoms with Gasteiger partial charge in [0.1, 0.15) is 11.6 Å². The minimum Gasteiger partial charge on any atom is -0.481 e. The summed E-state index contributed by atoms with van der Waals surface area (Å²) >= 11 is 0. The van der Waals surface area contributed by atoms with Crippen molar-refractivity contribution in [1.29, 1.82) is 0 Å². The summed E-state index contributed by atoms with van der Waals surface area (Å²) in [5.41, 5.74) is 5.97. The lowest BCUT2D eigenvalue weighted by Crippen LogP contribution is -2.30. The van der Waals surface area contributed by atoms with Crippen LogP contribution in [0.15, 0.2) is 48.5 Å². The Labute approximate surface area is 126 Å². The molecule has 5 nitrogen and oxygen atoms in total. The molecule has 22 heavy (non-hydrogen) atoms. The van der Waals surface area contributed by atoms with Crippen LogP contribution in [0.3, 0.4) is 0 Å². The lowest BCUT2D eigenvalue weighted by molar-refractivity contribution is -0.122. The number of nitrogens with one attached hydrogen (secondary N) is 1. The number of nitrogens with two attached hydrogens (primary N) is 1. The maximum Gasteiger partial charge on any atom is 0.265 e. The van der Waals surface area contributed by atoms with Gasteiger partial charge in [0.25, 0.3) is 5.91 Å². The molecule has 2 aromatic rings. The highest BCUT2D eigenvalue weighted by Crippen LogP contribution is 2.15. The van der Waals surface area contributed by atoms with Crippen LogP contribution in [-0.2, 0) is 4.79 Å². The van der Waals surface area contributed by atoms with Gasteiger partial charge in [-0.15, -0.1) is 0 Å². The molecule has 0 radical (unpaired) electrons. The largest absolute Gasteiger partial charge is 0.481 e. The summed E-state index contributed by atoms with van der Waals surface area (Å²) < 4.78 is 18.3. The Balaban J connectivity index is 1.95. The summed E-state index contributed by atoms with van der Waals surface area (Å²) in [7, 11) is 0. The Kier molecular flexibility index (Phi) is 4.73. The molecular formula is C16H15FN2O3. The zero-order valence-electron chi connectivity index (χ0n) is 11.9. The Hall–Kier alpha value is -2.89. The molecule has 6 heteroatoms. The van der Waals surface area contributed by atoms with Gasteiger partial charge >= 0.3 is 0 Å². The van der Waals surface area contributed by atoms with Crippen molar-refractivity contribution < 1.29 is 18.7 Å². The zero-order valence-corrected chi connectivity index (χ0v) is 11.9. The fourth-order valence-corrected chi connectivity index (χ4v) is 1.73. The molecule has 0 aromatic heterocycles. The van der Waals surface area contributed by atoms with Gasteiger partial charge in [0.05, 0.1) is 0 Å². The average Bonchev–Trinajstić information content (AvgIpc) is 2.50. The second-order valence-corrected chi connectivity index (χ2v) is 4.64. The minimum atomic E-state index is -0.760. The zero-order chi connectivity index (χ0) is 16.1. The van der Waals surface area contributed by atoms with E-state index < -0.39 is 12.0 Å². The molecule has 0 unspecified atom stereocenters. The predicted molar refractivity (Wildman–Crippen MR) is 80.1 cm³/mol. The molecule has 0 fully saturated rings.